The molecule has 1 heterocycles. The van der Waals surface area contributed by atoms with Crippen molar-refractivity contribution in [1.82, 2.24) is 0 Å². The highest BCUT2D eigenvalue weighted by Crippen LogP contribution is 2.21. The van der Waals surface area contributed by atoms with Crippen LogP contribution >= 0.6 is 0 Å². The van der Waals surface area contributed by atoms with Crippen molar-refractivity contribution in [2.75, 3.05) is 23.3 Å². The van der Waals surface area contributed by atoms with Crippen LogP contribution in [0, 0.1) is 17.1 Å². The average Bonchev–Trinajstić information content (AvgIpc) is 2.69. The fourth-order valence-electron chi connectivity index (χ4n) is 3.00. The minimum atomic E-state index is -0.627. The number of nitrogens with zero attached hydrogens (tertiary/aromatic N) is 2. The third-order valence-electron chi connectivity index (χ3n) is 4.41. The Morgan fingerprint density at radius 2 is 1.77 bits per heavy atom. The number of piperidine rings is 1. The SMILES string of the molecule is N#C/C(=C\c1ccc(N2CCCCC2)cc1)C(=O)Nc1ccccc1F. The normalized spacial score (nSPS) is 14.6. The third-order valence-corrected chi connectivity index (χ3v) is 4.41. The van der Waals surface area contributed by atoms with Crippen LogP contribution in [0.5, 0.6) is 0 Å². The van der Waals surface area contributed by atoms with E-state index in [1.54, 1.807) is 6.07 Å². The molecule has 1 saturated heterocycles. The van der Waals surface area contributed by atoms with E-state index in [9.17, 15) is 14.4 Å². The summed E-state index contributed by atoms with van der Waals surface area (Å²) in [5.41, 5.74) is 1.89. The molecule has 1 amide bonds. The first-order chi connectivity index (χ1) is 12.7. The second-order valence-corrected chi connectivity index (χ2v) is 6.24. The lowest BCUT2D eigenvalue weighted by Crippen LogP contribution is -2.29. The number of para-hydroxylation sites is 1. The molecule has 0 radical (unpaired) electrons. The molecule has 26 heavy (non-hydrogen) atoms. The molecule has 2 aromatic rings. The van der Waals surface area contributed by atoms with Crippen molar-refractivity contribution < 1.29 is 9.18 Å². The van der Waals surface area contributed by atoms with Crippen LogP contribution in [0.4, 0.5) is 15.8 Å². The van der Waals surface area contributed by atoms with Crippen LogP contribution in [0.25, 0.3) is 6.08 Å². The minimum Gasteiger partial charge on any atom is -0.372 e. The number of hydrogen-bond donors (Lipinski definition) is 1. The minimum absolute atomic E-state index is 0.0547. The lowest BCUT2D eigenvalue weighted by atomic mass is 10.1. The molecule has 132 valence electrons. The summed E-state index contributed by atoms with van der Waals surface area (Å²) >= 11 is 0. The zero-order valence-electron chi connectivity index (χ0n) is 14.4. The van der Waals surface area contributed by atoms with E-state index < -0.39 is 11.7 Å². The predicted octanol–water partition coefficient (Wildman–Crippen LogP) is 4.36. The maximum Gasteiger partial charge on any atom is 0.266 e. The van der Waals surface area contributed by atoms with Gasteiger partial charge in [0.15, 0.2) is 0 Å². The van der Waals surface area contributed by atoms with Crippen molar-refractivity contribution in [3.8, 4) is 6.07 Å². The van der Waals surface area contributed by atoms with Gasteiger partial charge in [-0.25, -0.2) is 4.39 Å². The molecule has 5 heteroatoms. The first-order valence-electron chi connectivity index (χ1n) is 8.70. The highest BCUT2D eigenvalue weighted by Gasteiger charge is 2.13. The number of hydrogen-bond acceptors (Lipinski definition) is 3. The van der Waals surface area contributed by atoms with Gasteiger partial charge in [0.05, 0.1) is 5.69 Å². The van der Waals surface area contributed by atoms with Gasteiger partial charge in [-0.15, -0.1) is 0 Å². The largest absolute Gasteiger partial charge is 0.372 e. The van der Waals surface area contributed by atoms with Crippen LogP contribution in [0.2, 0.25) is 0 Å². The molecule has 0 spiro atoms. The number of halogens is 1. The fraction of sp³-hybridized carbons (Fsp3) is 0.238. The van der Waals surface area contributed by atoms with E-state index in [0.29, 0.717) is 0 Å². The third kappa shape index (κ3) is 4.28. The molecular formula is C21H20FN3O. The van der Waals surface area contributed by atoms with E-state index in [-0.39, 0.29) is 11.3 Å². The van der Waals surface area contributed by atoms with Crippen LogP contribution in [-0.2, 0) is 4.79 Å². The summed E-state index contributed by atoms with van der Waals surface area (Å²) in [7, 11) is 0. The van der Waals surface area contributed by atoms with Gasteiger partial charge in [-0.2, -0.15) is 5.26 Å². The number of carbonyl (C=O) groups excluding carboxylic acids is 1. The Bertz CT molecular complexity index is 846. The topological polar surface area (TPSA) is 56.1 Å². The Morgan fingerprint density at radius 1 is 1.08 bits per heavy atom. The lowest BCUT2D eigenvalue weighted by Gasteiger charge is -2.28. The number of anilines is 2. The van der Waals surface area contributed by atoms with Crippen molar-refractivity contribution >= 4 is 23.4 Å². The van der Waals surface area contributed by atoms with Crippen molar-refractivity contribution in [1.29, 1.82) is 5.26 Å². The van der Waals surface area contributed by atoms with E-state index in [1.807, 2.05) is 30.3 Å². The smallest absolute Gasteiger partial charge is 0.266 e. The molecule has 2 aromatic carbocycles. The maximum atomic E-state index is 13.6. The highest BCUT2D eigenvalue weighted by atomic mass is 19.1. The van der Waals surface area contributed by atoms with Gasteiger partial charge in [0, 0.05) is 18.8 Å². The molecule has 3 rings (SSSR count). The van der Waals surface area contributed by atoms with Crippen LogP contribution in [0.15, 0.2) is 54.1 Å². The van der Waals surface area contributed by atoms with Crippen molar-refractivity contribution in [3.05, 3.63) is 65.5 Å². The first-order valence-corrected chi connectivity index (χ1v) is 8.70. The van der Waals surface area contributed by atoms with E-state index in [4.69, 9.17) is 0 Å². The molecule has 1 N–H and O–H groups in total. The molecule has 0 aliphatic carbocycles. The van der Waals surface area contributed by atoms with Gasteiger partial charge in [-0.1, -0.05) is 24.3 Å². The Morgan fingerprint density at radius 3 is 2.42 bits per heavy atom. The van der Waals surface area contributed by atoms with Crippen LogP contribution < -0.4 is 10.2 Å². The maximum absolute atomic E-state index is 13.6. The van der Waals surface area contributed by atoms with E-state index in [1.165, 1.54) is 43.5 Å². The molecule has 0 saturated carbocycles. The zero-order chi connectivity index (χ0) is 18.4. The molecule has 1 fully saturated rings. The summed E-state index contributed by atoms with van der Waals surface area (Å²) in [6.45, 7) is 2.12. The summed E-state index contributed by atoms with van der Waals surface area (Å²) in [6, 6.07) is 15.5. The first kappa shape index (κ1) is 17.7. The van der Waals surface area contributed by atoms with Gasteiger partial charge in [0.2, 0.25) is 0 Å². The molecule has 0 bridgehead atoms. The van der Waals surface area contributed by atoms with Gasteiger partial charge in [0.1, 0.15) is 17.5 Å². The molecular weight excluding hydrogens is 329 g/mol. The molecule has 0 aromatic heterocycles. The summed E-state index contributed by atoms with van der Waals surface area (Å²) in [6.07, 6.45) is 5.20. The molecule has 1 aliphatic heterocycles. The lowest BCUT2D eigenvalue weighted by molar-refractivity contribution is -0.112. The number of nitriles is 1. The van der Waals surface area contributed by atoms with Crippen molar-refractivity contribution in [2.24, 2.45) is 0 Å². The van der Waals surface area contributed by atoms with Gasteiger partial charge in [-0.05, 0) is 55.2 Å². The standard InChI is InChI=1S/C21H20FN3O/c22-19-6-2-3-7-20(19)24-21(26)17(15-23)14-16-8-10-18(11-9-16)25-12-4-1-5-13-25/h2-3,6-11,14H,1,4-5,12-13H2,(H,24,26)/b17-14+. The van der Waals surface area contributed by atoms with Crippen molar-refractivity contribution in [3.63, 3.8) is 0 Å². The quantitative estimate of drug-likeness (QED) is 0.659. The van der Waals surface area contributed by atoms with E-state index in [2.05, 4.69) is 10.2 Å². The fourth-order valence-corrected chi connectivity index (χ4v) is 3.00. The Hall–Kier alpha value is -3.13. The van der Waals surface area contributed by atoms with Gasteiger partial charge in [0.25, 0.3) is 5.91 Å². The molecule has 4 nitrogen and oxygen atoms in total. The molecule has 1 aliphatic rings. The second-order valence-electron chi connectivity index (χ2n) is 6.24. The van der Waals surface area contributed by atoms with Crippen LogP contribution in [-0.4, -0.2) is 19.0 Å². The number of amides is 1. The summed E-state index contributed by atoms with van der Waals surface area (Å²) in [4.78, 5) is 14.6. The highest BCUT2D eigenvalue weighted by molar-refractivity contribution is 6.09. The average molecular weight is 349 g/mol. The second kappa shape index (κ2) is 8.30. The zero-order valence-corrected chi connectivity index (χ0v) is 14.4. The Balaban J connectivity index is 1.73. The predicted molar refractivity (Wildman–Crippen MR) is 101 cm³/mol. The van der Waals surface area contributed by atoms with E-state index in [0.717, 1.165) is 24.3 Å². The molecule has 0 atom stereocenters. The van der Waals surface area contributed by atoms with Gasteiger partial charge < -0.3 is 10.2 Å². The summed E-state index contributed by atoms with van der Waals surface area (Å²) in [5.74, 6) is -1.17. The number of nitrogens with one attached hydrogen (secondary N) is 1. The number of rotatable bonds is 4. The van der Waals surface area contributed by atoms with Crippen LogP contribution in [0.3, 0.4) is 0 Å². The monoisotopic (exact) mass is 349 g/mol. The summed E-state index contributed by atoms with van der Waals surface area (Å²) < 4.78 is 13.6. The summed E-state index contributed by atoms with van der Waals surface area (Å²) in [5, 5.41) is 11.7. The van der Waals surface area contributed by atoms with Crippen molar-refractivity contribution in [2.45, 2.75) is 19.3 Å². The Labute approximate surface area is 152 Å². The van der Waals surface area contributed by atoms with Gasteiger partial charge in [-0.3, -0.25) is 4.79 Å². The Kier molecular flexibility index (Phi) is 5.65. The van der Waals surface area contributed by atoms with Crippen LogP contribution in [0.1, 0.15) is 24.8 Å². The molecule has 0 unspecified atom stereocenters. The number of carbonyl (C=O) groups is 1. The number of benzene rings is 2. The van der Waals surface area contributed by atoms with E-state index >= 15 is 0 Å². The van der Waals surface area contributed by atoms with Gasteiger partial charge >= 0.3 is 0 Å².